The van der Waals surface area contributed by atoms with Gasteiger partial charge < -0.3 is 31.4 Å². The van der Waals surface area contributed by atoms with Gasteiger partial charge in [-0.15, -0.1) is 0 Å². The molecule has 0 fully saturated rings. The molecule has 33 heteroatoms. The van der Waals surface area contributed by atoms with Gasteiger partial charge in [-0.2, -0.15) is 39.5 Å². The fraction of sp³-hybridized carbons (Fsp3) is 0.292. The summed E-state index contributed by atoms with van der Waals surface area (Å²) in [7, 11) is 0. The number of hydrogen-bond donors (Lipinski definition) is 3. The van der Waals surface area contributed by atoms with E-state index in [0.717, 1.165) is 34.9 Å². The second kappa shape index (κ2) is 31.1. The van der Waals surface area contributed by atoms with Gasteiger partial charge in [-0.1, -0.05) is 73.8 Å². The summed E-state index contributed by atoms with van der Waals surface area (Å²) in [5.74, 6) is 3.47. The Bertz CT molecular complexity index is 4720. The maximum Gasteiger partial charge on any atom is 0.433 e. The van der Waals surface area contributed by atoms with E-state index in [1.54, 1.807) is 76.2 Å². The van der Waals surface area contributed by atoms with Gasteiger partial charge in [0.2, 0.25) is 0 Å². The molecule has 3 atom stereocenters. The lowest BCUT2D eigenvalue weighted by atomic mass is 9.91. The Hall–Kier alpha value is -8.55. The van der Waals surface area contributed by atoms with Crippen molar-refractivity contribution in [3.63, 3.8) is 0 Å². The summed E-state index contributed by atoms with van der Waals surface area (Å²) in [6.07, 6.45) is -0.661. The first kappa shape index (κ1) is 79.0. The molecule has 0 aliphatic rings. The molecule has 0 saturated carbocycles. The molecule has 0 spiro atoms. The molecular weight excluding hydrogens is 1640 g/mol. The predicted molar refractivity (Wildman–Crippen MR) is 398 cm³/mol. The van der Waals surface area contributed by atoms with E-state index in [1.165, 1.54) is 36.8 Å². The molecule has 6 N–H and O–H groups in total. The fourth-order valence-electron chi connectivity index (χ4n) is 11.9. The Morgan fingerprint density at radius 3 is 0.829 bits per heavy atom. The van der Waals surface area contributed by atoms with Crippen LogP contribution in [0.4, 0.5) is 57.0 Å². The number of aromatic nitrogens is 12. The van der Waals surface area contributed by atoms with Gasteiger partial charge in [0.15, 0.2) is 17.5 Å². The fourth-order valence-corrected chi connectivity index (χ4v) is 14.3. The zero-order valence-corrected chi connectivity index (χ0v) is 64.9. The number of imidazole rings is 3. The second-order valence-corrected chi connectivity index (χ2v) is 28.6. The molecule has 9 aromatic heterocycles. The number of fused-ring (bicyclic) bond motifs is 3. The summed E-state index contributed by atoms with van der Waals surface area (Å²) in [6.45, 7) is 22.5. The zero-order valence-electron chi connectivity index (χ0n) is 57.8. The largest absolute Gasteiger partial charge is 0.490 e. The summed E-state index contributed by atoms with van der Waals surface area (Å²) < 4.78 is 144. The average molecular weight is 1710 g/mol. The first-order valence-corrected chi connectivity index (χ1v) is 35.6. The molecule has 18 nitrogen and oxygen atoms in total. The highest BCUT2D eigenvalue weighted by atomic mass is 79.9. The van der Waals surface area contributed by atoms with Crippen LogP contribution in [0.2, 0.25) is 15.1 Å². The number of nitrogens with two attached hydrogens (primary N) is 3. The maximum absolute atomic E-state index is 13.1. The second-order valence-electron chi connectivity index (χ2n) is 25.2. The number of alkyl halides is 9. The van der Waals surface area contributed by atoms with Crippen LogP contribution in [0, 0.1) is 20.8 Å². The number of halogens is 15. The van der Waals surface area contributed by atoms with Crippen molar-refractivity contribution >= 4 is 117 Å². The molecule has 12 rings (SSSR count). The lowest BCUT2D eigenvalue weighted by Gasteiger charge is -2.24. The van der Waals surface area contributed by atoms with Gasteiger partial charge >= 0.3 is 18.5 Å². The molecule has 0 amide bonds. The molecule has 0 radical (unpaired) electrons. The van der Waals surface area contributed by atoms with Crippen molar-refractivity contribution in [1.29, 1.82) is 0 Å². The normalized spacial score (nSPS) is 13.0. The number of ether oxygens (including phenoxy) is 3. The summed E-state index contributed by atoms with van der Waals surface area (Å²) in [5, 5.41) is 1.33. The summed E-state index contributed by atoms with van der Waals surface area (Å²) in [5.41, 5.74) is 24.4. The molecule has 0 bridgehead atoms. The monoisotopic (exact) mass is 1700 g/mol. The first-order valence-electron chi connectivity index (χ1n) is 32.1. The topological polar surface area (TPSA) is 235 Å². The standard InChI is InChI=1S/3C24H22BrClF3N5O/c3*1-11(2)35-20-15(12(3)23-33-21(25)19-22(30)31-7-8-34(19)23)9-16(26)13(4)18(20)14-5-6-17(32-10-14)24(27,28)29/h3*5-12H,1-4H3,(H2,30,31)/t2*12-;/m10./s1. The van der Waals surface area contributed by atoms with Gasteiger partial charge in [0.05, 0.1) is 18.3 Å². The Morgan fingerprint density at radius 2 is 0.629 bits per heavy atom. The van der Waals surface area contributed by atoms with Crippen LogP contribution in [-0.4, -0.2) is 76.4 Å². The third kappa shape index (κ3) is 16.4. The Kier molecular flexibility index (Phi) is 23.4. The summed E-state index contributed by atoms with van der Waals surface area (Å²) >= 11 is 30.3. The Balaban J connectivity index is 0.000000169. The number of pyridine rings is 3. The number of rotatable bonds is 15. The van der Waals surface area contributed by atoms with Crippen molar-refractivity contribution in [2.45, 2.75) is 138 Å². The van der Waals surface area contributed by atoms with Crippen molar-refractivity contribution in [1.82, 2.24) is 58.1 Å². The van der Waals surface area contributed by atoms with E-state index in [1.807, 2.05) is 75.5 Å². The third-order valence-corrected chi connectivity index (χ3v) is 19.7. The van der Waals surface area contributed by atoms with Gasteiger partial charge in [-0.05, 0) is 163 Å². The molecule has 0 saturated heterocycles. The highest BCUT2D eigenvalue weighted by Gasteiger charge is 2.37. The number of hydrogen-bond acceptors (Lipinski definition) is 15. The van der Waals surface area contributed by atoms with E-state index >= 15 is 0 Å². The lowest BCUT2D eigenvalue weighted by molar-refractivity contribution is -0.141. The van der Waals surface area contributed by atoms with Crippen molar-refractivity contribution in [3.05, 3.63) is 207 Å². The van der Waals surface area contributed by atoms with Crippen LogP contribution in [0.15, 0.2) is 124 Å². The van der Waals surface area contributed by atoms with Crippen LogP contribution < -0.4 is 31.4 Å². The summed E-state index contributed by atoms with van der Waals surface area (Å²) in [4.78, 5) is 37.3. The van der Waals surface area contributed by atoms with Crippen LogP contribution in [0.5, 0.6) is 17.2 Å². The van der Waals surface area contributed by atoms with Crippen molar-refractivity contribution in [2.75, 3.05) is 17.2 Å². The molecule has 9 heterocycles. The minimum atomic E-state index is -4.54. The molecule has 0 aliphatic carbocycles. The van der Waals surface area contributed by atoms with Crippen molar-refractivity contribution in [3.8, 4) is 50.6 Å². The third-order valence-electron chi connectivity index (χ3n) is 16.9. The van der Waals surface area contributed by atoms with Crippen LogP contribution in [0.25, 0.3) is 49.9 Å². The minimum Gasteiger partial charge on any atom is -0.490 e. The van der Waals surface area contributed by atoms with E-state index in [-0.39, 0.29) is 36.1 Å². The zero-order chi connectivity index (χ0) is 77.0. The van der Waals surface area contributed by atoms with Gasteiger partial charge in [0, 0.05) is 139 Å². The lowest BCUT2D eigenvalue weighted by Crippen LogP contribution is -2.13. The van der Waals surface area contributed by atoms with E-state index < -0.39 is 35.6 Å². The van der Waals surface area contributed by atoms with Crippen molar-refractivity contribution in [2.24, 2.45) is 0 Å². The highest BCUT2D eigenvalue weighted by Crippen LogP contribution is 2.50. The van der Waals surface area contributed by atoms with Crippen LogP contribution in [0.1, 0.15) is 148 Å². The Labute approximate surface area is 636 Å². The van der Waals surface area contributed by atoms with E-state index in [2.05, 4.69) is 92.6 Å². The van der Waals surface area contributed by atoms with Gasteiger partial charge in [-0.25, -0.2) is 29.9 Å². The van der Waals surface area contributed by atoms with E-state index in [4.69, 9.17) is 66.2 Å². The SMILES string of the molecule is Cc1c(Cl)cc(C(C)c2nc(Br)c3c(N)nccn23)c(OC(C)C)c1-c1ccc(C(F)(F)F)nc1.Cc1c(Cl)cc([C@@H](C)c2nc(Br)c3c(N)nccn23)c(OC(C)C)c1-c1ccc(C(F)(F)F)nc1.Cc1c(Cl)cc([C@H](C)c2nc(Br)c3c(N)nccn23)c(OC(C)C)c1-c1ccc(C(F)(F)F)nc1. The molecule has 12 aromatic rings. The molecule has 105 heavy (non-hydrogen) atoms. The summed E-state index contributed by atoms with van der Waals surface area (Å²) in [6, 6.07) is 12.4. The molecule has 1 unspecified atom stereocenters. The molecular formula is C72H66Br3Cl3F9N15O3. The number of nitrogen functional groups attached to an aromatic ring is 3. The van der Waals surface area contributed by atoms with Crippen LogP contribution >= 0.6 is 82.6 Å². The Morgan fingerprint density at radius 1 is 0.390 bits per heavy atom. The van der Waals surface area contributed by atoms with Gasteiger partial charge in [0.25, 0.3) is 0 Å². The molecule has 552 valence electrons. The number of nitrogens with zero attached hydrogens (tertiary/aromatic N) is 12. The average Bonchev–Trinajstić information content (AvgIpc) is 1.73. The first-order chi connectivity index (χ1) is 49.2. The molecule has 3 aromatic carbocycles. The highest BCUT2D eigenvalue weighted by molar-refractivity contribution is 9.11. The smallest absolute Gasteiger partial charge is 0.433 e. The molecule has 0 aliphatic heterocycles. The number of anilines is 3. The minimum absolute atomic E-state index is 0.216. The van der Waals surface area contributed by atoms with Crippen LogP contribution in [-0.2, 0) is 18.5 Å². The van der Waals surface area contributed by atoms with Gasteiger partial charge in [0.1, 0.15) is 82.2 Å². The number of benzene rings is 3. The maximum atomic E-state index is 13.1. The van der Waals surface area contributed by atoms with Gasteiger partial charge in [-0.3, -0.25) is 28.2 Å². The predicted octanol–water partition coefficient (Wildman–Crippen LogP) is 21.2. The quantitative estimate of drug-likeness (QED) is 0.0810. The van der Waals surface area contributed by atoms with E-state index in [9.17, 15) is 39.5 Å². The van der Waals surface area contributed by atoms with Crippen molar-refractivity contribution < 1.29 is 53.7 Å². The van der Waals surface area contributed by atoms with Crippen LogP contribution in [0.3, 0.4) is 0 Å². The van der Waals surface area contributed by atoms with E-state index in [0.29, 0.717) is 148 Å².